The molecule has 5 nitrogen and oxygen atoms in total. The number of rotatable bonds is 6. The molecule has 20 heavy (non-hydrogen) atoms. The lowest BCUT2D eigenvalue weighted by molar-refractivity contribution is 0.604. The van der Waals surface area contributed by atoms with E-state index < -0.39 is 0 Å². The molecule has 0 radical (unpaired) electrons. The molecule has 1 unspecified atom stereocenters. The molecule has 0 bridgehead atoms. The summed E-state index contributed by atoms with van der Waals surface area (Å²) in [6, 6.07) is 0.518. The zero-order valence-electron chi connectivity index (χ0n) is 12.5. The number of aromatic nitrogens is 3. The number of hydrogen-bond donors (Lipinski definition) is 1. The molecule has 0 aliphatic heterocycles. The number of hydrogen-bond acceptors (Lipinski definition) is 4. The second-order valence-electron chi connectivity index (χ2n) is 5.72. The van der Waals surface area contributed by atoms with Gasteiger partial charge < -0.3 is 14.6 Å². The van der Waals surface area contributed by atoms with Crippen molar-refractivity contribution in [1.29, 1.82) is 0 Å². The van der Waals surface area contributed by atoms with Crippen LogP contribution in [0.2, 0.25) is 0 Å². The van der Waals surface area contributed by atoms with Crippen molar-refractivity contribution >= 4 is 17.3 Å². The van der Waals surface area contributed by atoms with Crippen molar-refractivity contribution in [3.8, 4) is 0 Å². The average Bonchev–Trinajstić information content (AvgIpc) is 3.20. The van der Waals surface area contributed by atoms with E-state index in [0.717, 1.165) is 36.2 Å². The lowest BCUT2D eigenvalue weighted by atomic mass is 10.2. The maximum Gasteiger partial charge on any atom is 0.180 e. The summed E-state index contributed by atoms with van der Waals surface area (Å²) in [4.78, 5) is 11.5. The van der Waals surface area contributed by atoms with Crippen molar-refractivity contribution in [3.05, 3.63) is 18.6 Å². The van der Waals surface area contributed by atoms with Gasteiger partial charge in [0.05, 0.1) is 6.20 Å². The summed E-state index contributed by atoms with van der Waals surface area (Å²) in [5.74, 6) is 2.70. The van der Waals surface area contributed by atoms with Crippen LogP contribution in [-0.4, -0.2) is 34.0 Å². The summed E-state index contributed by atoms with van der Waals surface area (Å²) >= 11 is 0. The van der Waals surface area contributed by atoms with Gasteiger partial charge in [-0.25, -0.2) is 9.97 Å². The van der Waals surface area contributed by atoms with Gasteiger partial charge in [-0.15, -0.1) is 0 Å². The Morgan fingerprint density at radius 1 is 1.50 bits per heavy atom. The Bertz CT molecular complexity index is 587. The molecule has 2 aromatic rings. The first-order valence-electron chi connectivity index (χ1n) is 7.51. The minimum atomic E-state index is 0.518. The number of imidazole rings is 1. The zero-order chi connectivity index (χ0) is 14.1. The number of nitrogens with one attached hydrogen (secondary N) is 1. The zero-order valence-corrected chi connectivity index (χ0v) is 12.5. The molecule has 1 atom stereocenters. The first-order valence-corrected chi connectivity index (χ1v) is 7.51. The molecule has 2 aromatic heterocycles. The molecule has 1 N–H and O–H groups in total. The minimum Gasteiger partial charge on any atom is -0.369 e. The Morgan fingerprint density at radius 2 is 2.30 bits per heavy atom. The predicted octanol–water partition coefficient (Wildman–Crippen LogP) is 2.79. The summed E-state index contributed by atoms with van der Waals surface area (Å²) in [5, 5.41) is 3.37. The molecular weight excluding hydrogens is 250 g/mol. The summed E-state index contributed by atoms with van der Waals surface area (Å²) in [6.07, 6.45) is 9.59. The third kappa shape index (κ3) is 2.44. The molecule has 0 amide bonds. The van der Waals surface area contributed by atoms with E-state index >= 15 is 0 Å². The molecule has 1 saturated carbocycles. The van der Waals surface area contributed by atoms with Gasteiger partial charge in [0.2, 0.25) is 0 Å². The normalized spacial score (nSPS) is 16.4. The molecular formula is C15H23N5. The van der Waals surface area contributed by atoms with Gasteiger partial charge in [0.25, 0.3) is 0 Å². The Kier molecular flexibility index (Phi) is 3.51. The third-order valence-corrected chi connectivity index (χ3v) is 4.16. The molecule has 1 fully saturated rings. The van der Waals surface area contributed by atoms with Gasteiger partial charge in [0.15, 0.2) is 11.5 Å². The molecule has 0 aromatic carbocycles. The molecule has 2 heterocycles. The molecule has 108 valence electrons. The van der Waals surface area contributed by atoms with Gasteiger partial charge >= 0.3 is 0 Å². The van der Waals surface area contributed by atoms with E-state index in [4.69, 9.17) is 4.98 Å². The molecule has 1 aliphatic rings. The van der Waals surface area contributed by atoms with E-state index in [-0.39, 0.29) is 0 Å². The van der Waals surface area contributed by atoms with Crippen LogP contribution in [0.5, 0.6) is 0 Å². The Hall–Kier alpha value is -1.78. The van der Waals surface area contributed by atoms with E-state index in [1.807, 2.05) is 18.6 Å². The monoisotopic (exact) mass is 273 g/mol. The maximum absolute atomic E-state index is 4.77. The van der Waals surface area contributed by atoms with Crippen LogP contribution in [0.3, 0.4) is 0 Å². The predicted molar refractivity (Wildman–Crippen MR) is 82.4 cm³/mol. The third-order valence-electron chi connectivity index (χ3n) is 4.16. The second-order valence-corrected chi connectivity index (χ2v) is 5.72. The number of fused-ring (bicyclic) bond motifs is 1. The second kappa shape index (κ2) is 5.31. The van der Waals surface area contributed by atoms with E-state index in [2.05, 4.69) is 40.5 Å². The van der Waals surface area contributed by atoms with Crippen molar-refractivity contribution in [3.63, 3.8) is 0 Å². The fourth-order valence-corrected chi connectivity index (χ4v) is 2.58. The standard InChI is InChI=1S/C15H23N5/c1-4-7-16-13-10-20-9-8-17-14(20)15(18-13)19(3)11(2)12-5-6-12/h8-12,16H,4-7H2,1-3H3. The van der Waals surface area contributed by atoms with Gasteiger partial charge in [-0.05, 0) is 32.1 Å². The van der Waals surface area contributed by atoms with Crippen molar-refractivity contribution in [2.24, 2.45) is 5.92 Å². The SMILES string of the molecule is CCCNc1cn2ccnc2c(N(C)C(C)C2CC2)n1. The first-order chi connectivity index (χ1) is 9.70. The summed E-state index contributed by atoms with van der Waals surface area (Å²) < 4.78 is 2.05. The van der Waals surface area contributed by atoms with Crippen molar-refractivity contribution in [1.82, 2.24) is 14.4 Å². The van der Waals surface area contributed by atoms with Crippen molar-refractivity contribution in [2.45, 2.75) is 39.2 Å². The van der Waals surface area contributed by atoms with Crippen LogP contribution in [0.25, 0.3) is 5.65 Å². The minimum absolute atomic E-state index is 0.518. The topological polar surface area (TPSA) is 45.5 Å². The van der Waals surface area contributed by atoms with Crippen LogP contribution in [0.4, 0.5) is 11.6 Å². The molecule has 3 rings (SSSR count). The highest BCUT2D eigenvalue weighted by molar-refractivity contribution is 5.67. The Labute approximate surface area is 120 Å². The van der Waals surface area contributed by atoms with Crippen LogP contribution >= 0.6 is 0 Å². The summed E-state index contributed by atoms with van der Waals surface area (Å²) in [5.41, 5.74) is 0.932. The van der Waals surface area contributed by atoms with Crippen LogP contribution in [0.1, 0.15) is 33.1 Å². The van der Waals surface area contributed by atoms with Gasteiger partial charge in [-0.2, -0.15) is 0 Å². The number of anilines is 2. The highest BCUT2D eigenvalue weighted by Crippen LogP contribution is 2.36. The smallest absolute Gasteiger partial charge is 0.180 e. The van der Waals surface area contributed by atoms with Gasteiger partial charge in [-0.1, -0.05) is 6.92 Å². The fraction of sp³-hybridized carbons (Fsp3) is 0.600. The fourth-order valence-electron chi connectivity index (χ4n) is 2.58. The molecule has 1 aliphatic carbocycles. The average molecular weight is 273 g/mol. The van der Waals surface area contributed by atoms with E-state index in [9.17, 15) is 0 Å². The highest BCUT2D eigenvalue weighted by Gasteiger charge is 2.32. The highest BCUT2D eigenvalue weighted by atomic mass is 15.2. The van der Waals surface area contributed by atoms with Gasteiger partial charge in [0.1, 0.15) is 5.82 Å². The largest absolute Gasteiger partial charge is 0.369 e. The lowest BCUT2D eigenvalue weighted by Gasteiger charge is -2.26. The maximum atomic E-state index is 4.77. The van der Waals surface area contributed by atoms with E-state index in [1.54, 1.807) is 0 Å². The Morgan fingerprint density at radius 3 is 3.00 bits per heavy atom. The van der Waals surface area contributed by atoms with Gasteiger partial charge in [-0.3, -0.25) is 0 Å². The van der Waals surface area contributed by atoms with Crippen molar-refractivity contribution in [2.75, 3.05) is 23.8 Å². The molecule has 5 heteroatoms. The van der Waals surface area contributed by atoms with E-state index in [1.165, 1.54) is 12.8 Å². The summed E-state index contributed by atoms with van der Waals surface area (Å²) in [7, 11) is 2.13. The van der Waals surface area contributed by atoms with Crippen molar-refractivity contribution < 1.29 is 0 Å². The molecule has 0 spiro atoms. The molecule has 0 saturated heterocycles. The summed E-state index contributed by atoms with van der Waals surface area (Å²) in [6.45, 7) is 5.38. The lowest BCUT2D eigenvalue weighted by Crippen LogP contribution is -2.32. The quantitative estimate of drug-likeness (QED) is 0.879. The van der Waals surface area contributed by atoms with Crippen LogP contribution < -0.4 is 10.2 Å². The first kappa shape index (κ1) is 13.2. The number of nitrogens with zero attached hydrogens (tertiary/aromatic N) is 4. The van der Waals surface area contributed by atoms with E-state index in [0.29, 0.717) is 6.04 Å². The Balaban J connectivity index is 1.95. The van der Waals surface area contributed by atoms with Gasteiger partial charge in [0, 0.05) is 32.0 Å². The van der Waals surface area contributed by atoms with Crippen LogP contribution in [0.15, 0.2) is 18.6 Å². The van der Waals surface area contributed by atoms with Crippen LogP contribution in [-0.2, 0) is 0 Å². The van der Waals surface area contributed by atoms with Crippen LogP contribution in [0, 0.1) is 5.92 Å².